The van der Waals surface area contributed by atoms with Crippen LogP contribution in [0.5, 0.6) is 0 Å². The van der Waals surface area contributed by atoms with E-state index in [2.05, 4.69) is 47.6 Å². The number of nitrogens with zero attached hydrogens (tertiary/aromatic N) is 1. The van der Waals surface area contributed by atoms with Crippen LogP contribution < -0.4 is 15.5 Å². The van der Waals surface area contributed by atoms with Gasteiger partial charge in [0.15, 0.2) is 0 Å². The van der Waals surface area contributed by atoms with Crippen molar-refractivity contribution in [1.82, 2.24) is 5.32 Å². The second-order valence-corrected chi connectivity index (χ2v) is 6.33. The Kier molecular flexibility index (Phi) is 3.42. The van der Waals surface area contributed by atoms with Crippen molar-refractivity contribution in [3.63, 3.8) is 0 Å². The number of fused-ring (bicyclic) bond motifs is 1. The Morgan fingerprint density at radius 3 is 2.60 bits per heavy atom. The number of piperidine rings is 1. The Hall–Kier alpha value is -1.55. The van der Waals surface area contributed by atoms with Crippen molar-refractivity contribution in [3.05, 3.63) is 23.8 Å². The fourth-order valence-electron chi connectivity index (χ4n) is 3.61. The molecule has 0 aliphatic carbocycles. The van der Waals surface area contributed by atoms with Crippen LogP contribution in [0.15, 0.2) is 18.2 Å². The molecule has 3 rings (SSSR count). The smallest absolute Gasteiger partial charge is 0.246 e. The Labute approximate surface area is 120 Å². The second-order valence-electron chi connectivity index (χ2n) is 6.33. The molecule has 1 saturated heterocycles. The summed E-state index contributed by atoms with van der Waals surface area (Å²) in [6, 6.07) is 6.13. The molecule has 1 aromatic carbocycles. The van der Waals surface area contributed by atoms with E-state index in [0.29, 0.717) is 0 Å². The number of likely N-dealkylation sites (N-methyl/N-ethyl adjacent to an activating group) is 1. The molecule has 108 valence electrons. The van der Waals surface area contributed by atoms with Crippen molar-refractivity contribution >= 4 is 17.3 Å². The van der Waals surface area contributed by atoms with Gasteiger partial charge in [-0.3, -0.25) is 4.79 Å². The monoisotopic (exact) mass is 273 g/mol. The lowest BCUT2D eigenvalue weighted by molar-refractivity contribution is -0.117. The van der Waals surface area contributed by atoms with Crippen LogP contribution in [0.4, 0.5) is 11.4 Å². The van der Waals surface area contributed by atoms with Crippen LogP contribution in [0.2, 0.25) is 0 Å². The average Bonchev–Trinajstić information content (AvgIpc) is 2.71. The summed E-state index contributed by atoms with van der Waals surface area (Å²) in [7, 11) is 1.82. The highest BCUT2D eigenvalue weighted by Crippen LogP contribution is 2.35. The van der Waals surface area contributed by atoms with E-state index in [4.69, 9.17) is 0 Å². The van der Waals surface area contributed by atoms with Crippen molar-refractivity contribution in [2.45, 2.75) is 26.3 Å². The van der Waals surface area contributed by atoms with E-state index in [1.165, 1.54) is 12.1 Å². The van der Waals surface area contributed by atoms with Crippen LogP contribution in [0.3, 0.4) is 0 Å². The maximum Gasteiger partial charge on any atom is 0.246 e. The lowest BCUT2D eigenvalue weighted by Crippen LogP contribution is -2.38. The fraction of sp³-hybridized carbons (Fsp3) is 0.562. The van der Waals surface area contributed by atoms with Gasteiger partial charge in [-0.1, -0.05) is 19.9 Å². The minimum Gasteiger partial charge on any atom is -0.371 e. The second kappa shape index (κ2) is 5.09. The molecule has 2 N–H and O–H groups in total. The number of benzene rings is 1. The van der Waals surface area contributed by atoms with Gasteiger partial charge in [-0.25, -0.2) is 0 Å². The molecule has 0 spiro atoms. The van der Waals surface area contributed by atoms with Gasteiger partial charge < -0.3 is 15.5 Å². The molecule has 20 heavy (non-hydrogen) atoms. The summed E-state index contributed by atoms with van der Waals surface area (Å²) in [6.45, 7) is 6.84. The zero-order valence-electron chi connectivity index (χ0n) is 12.4. The highest BCUT2D eigenvalue weighted by molar-refractivity contribution is 6.03. The number of carbonyl (C=O) groups is 1. The van der Waals surface area contributed by atoms with Crippen LogP contribution in [0.1, 0.15) is 31.9 Å². The van der Waals surface area contributed by atoms with Gasteiger partial charge in [0.1, 0.15) is 6.04 Å². The van der Waals surface area contributed by atoms with Gasteiger partial charge in [0, 0.05) is 30.0 Å². The minimum atomic E-state index is -0.210. The predicted molar refractivity (Wildman–Crippen MR) is 82.0 cm³/mol. The Morgan fingerprint density at radius 2 is 1.95 bits per heavy atom. The molecule has 0 radical (unpaired) electrons. The topological polar surface area (TPSA) is 44.4 Å². The van der Waals surface area contributed by atoms with E-state index in [-0.39, 0.29) is 11.9 Å². The van der Waals surface area contributed by atoms with Crippen molar-refractivity contribution in [1.29, 1.82) is 0 Å². The van der Waals surface area contributed by atoms with Gasteiger partial charge in [-0.05, 0) is 37.4 Å². The Bertz CT molecular complexity index is 518. The number of hydrogen-bond acceptors (Lipinski definition) is 3. The first-order valence-corrected chi connectivity index (χ1v) is 7.45. The van der Waals surface area contributed by atoms with Crippen LogP contribution in [-0.2, 0) is 4.79 Å². The van der Waals surface area contributed by atoms with E-state index in [9.17, 15) is 4.79 Å². The summed E-state index contributed by atoms with van der Waals surface area (Å²) >= 11 is 0. The van der Waals surface area contributed by atoms with Crippen molar-refractivity contribution < 1.29 is 4.79 Å². The Morgan fingerprint density at radius 1 is 1.25 bits per heavy atom. The van der Waals surface area contributed by atoms with Crippen LogP contribution in [0.25, 0.3) is 0 Å². The van der Waals surface area contributed by atoms with Gasteiger partial charge in [0.05, 0.1) is 0 Å². The lowest BCUT2D eigenvalue weighted by atomic mass is 9.91. The molecule has 1 amide bonds. The molecule has 3 unspecified atom stereocenters. The van der Waals surface area contributed by atoms with Crippen molar-refractivity contribution in [2.75, 3.05) is 30.4 Å². The summed E-state index contributed by atoms with van der Waals surface area (Å²) in [5.41, 5.74) is 3.23. The van der Waals surface area contributed by atoms with E-state index in [1.807, 2.05) is 7.05 Å². The molecular weight excluding hydrogens is 250 g/mol. The number of hydrogen-bond donors (Lipinski definition) is 2. The molecule has 2 aliphatic heterocycles. The number of rotatable bonds is 2. The number of nitrogens with one attached hydrogen (secondary N) is 2. The van der Waals surface area contributed by atoms with E-state index in [0.717, 1.165) is 36.2 Å². The zero-order chi connectivity index (χ0) is 14.3. The van der Waals surface area contributed by atoms with Gasteiger partial charge >= 0.3 is 0 Å². The van der Waals surface area contributed by atoms with E-state index in [1.54, 1.807) is 0 Å². The Balaban J connectivity index is 1.87. The molecule has 4 heteroatoms. The van der Waals surface area contributed by atoms with Gasteiger partial charge in [-0.2, -0.15) is 0 Å². The largest absolute Gasteiger partial charge is 0.371 e. The maximum atomic E-state index is 11.9. The molecule has 2 aliphatic rings. The van der Waals surface area contributed by atoms with E-state index >= 15 is 0 Å². The molecule has 1 aromatic rings. The highest BCUT2D eigenvalue weighted by Gasteiger charge is 2.30. The third-order valence-electron chi connectivity index (χ3n) is 4.39. The minimum absolute atomic E-state index is 0.0417. The highest BCUT2D eigenvalue weighted by atomic mass is 16.2. The molecule has 1 fully saturated rings. The van der Waals surface area contributed by atoms with Crippen molar-refractivity contribution in [2.24, 2.45) is 11.8 Å². The van der Waals surface area contributed by atoms with Crippen LogP contribution in [-0.4, -0.2) is 26.0 Å². The molecule has 3 atom stereocenters. The molecule has 0 saturated carbocycles. The molecular formula is C16H23N3O. The van der Waals surface area contributed by atoms with Gasteiger partial charge in [0.25, 0.3) is 0 Å². The quantitative estimate of drug-likeness (QED) is 0.869. The standard InChI is InChI=1S/C16H23N3O/c1-10-6-11(2)9-19(8-10)12-4-5-13-14(7-12)18-16(20)15(13)17-3/h4-5,7,10-11,15,17H,6,8-9H2,1-3H3,(H,18,20). The average molecular weight is 273 g/mol. The summed E-state index contributed by atoms with van der Waals surface area (Å²) in [4.78, 5) is 14.3. The third-order valence-corrected chi connectivity index (χ3v) is 4.39. The first-order valence-electron chi connectivity index (χ1n) is 7.45. The van der Waals surface area contributed by atoms with Crippen molar-refractivity contribution in [3.8, 4) is 0 Å². The summed E-state index contributed by atoms with van der Waals surface area (Å²) in [5.74, 6) is 1.50. The predicted octanol–water partition coefficient (Wildman–Crippen LogP) is 2.38. The SMILES string of the molecule is CNC1C(=O)Nc2cc(N3CC(C)CC(C)C3)ccc21. The normalized spacial score (nSPS) is 29.2. The van der Waals surface area contributed by atoms with Crippen LogP contribution in [0, 0.1) is 11.8 Å². The molecule has 0 bridgehead atoms. The number of anilines is 2. The first-order chi connectivity index (χ1) is 9.58. The molecule has 0 aromatic heterocycles. The summed E-state index contributed by atoms with van der Waals surface area (Å²) < 4.78 is 0. The van der Waals surface area contributed by atoms with Gasteiger partial charge in [0.2, 0.25) is 5.91 Å². The summed E-state index contributed by atoms with van der Waals surface area (Å²) in [5, 5.41) is 6.03. The number of amides is 1. The zero-order valence-corrected chi connectivity index (χ0v) is 12.4. The molecule has 2 heterocycles. The fourth-order valence-corrected chi connectivity index (χ4v) is 3.61. The van der Waals surface area contributed by atoms with Crippen LogP contribution >= 0.6 is 0 Å². The first kappa shape index (κ1) is 13.4. The van der Waals surface area contributed by atoms with Gasteiger partial charge in [-0.15, -0.1) is 0 Å². The number of carbonyl (C=O) groups excluding carboxylic acids is 1. The molecule has 4 nitrogen and oxygen atoms in total. The third kappa shape index (κ3) is 2.29. The lowest BCUT2D eigenvalue weighted by Gasteiger charge is -2.36. The maximum absolute atomic E-state index is 11.9. The summed E-state index contributed by atoms with van der Waals surface area (Å²) in [6.07, 6.45) is 1.31. The van der Waals surface area contributed by atoms with E-state index < -0.39 is 0 Å².